The van der Waals surface area contributed by atoms with Crippen molar-refractivity contribution in [2.24, 2.45) is 0 Å². The van der Waals surface area contributed by atoms with Crippen molar-refractivity contribution in [1.29, 1.82) is 0 Å². The zero-order valence-corrected chi connectivity index (χ0v) is 15.4. The first kappa shape index (κ1) is 18.6. The summed E-state index contributed by atoms with van der Waals surface area (Å²) in [5.74, 6) is -0.243. The van der Waals surface area contributed by atoms with Gasteiger partial charge in [0.15, 0.2) is 0 Å². The second kappa shape index (κ2) is 8.49. The van der Waals surface area contributed by atoms with Gasteiger partial charge in [0.2, 0.25) is 0 Å². The van der Waals surface area contributed by atoms with Gasteiger partial charge in [0.1, 0.15) is 5.69 Å². The number of carbonyl (C=O) groups excluding carboxylic acids is 1. The van der Waals surface area contributed by atoms with Crippen molar-refractivity contribution < 1.29 is 14.6 Å². The Labute approximate surface area is 154 Å². The van der Waals surface area contributed by atoms with Crippen molar-refractivity contribution >= 4 is 17.3 Å². The van der Waals surface area contributed by atoms with Crippen LogP contribution in [0.15, 0.2) is 18.2 Å². The molecule has 0 aromatic heterocycles. The molecular formula is C19H29N4O3+. The predicted molar refractivity (Wildman–Crippen MR) is 101 cm³/mol. The molecule has 2 aliphatic rings. The van der Waals surface area contributed by atoms with Crippen LogP contribution in [0.1, 0.15) is 55.8 Å². The average Bonchev–Trinajstić information content (AvgIpc) is 3.44. The highest BCUT2D eigenvalue weighted by Crippen LogP contribution is 2.31. The molecule has 3 rings (SSSR count). The molecule has 0 radical (unpaired) electrons. The summed E-state index contributed by atoms with van der Waals surface area (Å²) in [6, 6.07) is 5.70. The third-order valence-electron chi connectivity index (χ3n) is 5.44. The molecule has 1 saturated heterocycles. The van der Waals surface area contributed by atoms with Crippen LogP contribution in [0.3, 0.4) is 0 Å². The van der Waals surface area contributed by atoms with Crippen molar-refractivity contribution in [1.82, 2.24) is 5.32 Å². The molecule has 1 aliphatic heterocycles. The third kappa shape index (κ3) is 4.94. The van der Waals surface area contributed by atoms with Crippen LogP contribution in [0.5, 0.6) is 0 Å². The largest absolute Gasteiger partial charge is 0.377 e. The Kier molecular flexibility index (Phi) is 6.08. The Balaban J connectivity index is 1.50. The summed E-state index contributed by atoms with van der Waals surface area (Å²) in [7, 11) is 0. The Hall–Kier alpha value is -2.15. The van der Waals surface area contributed by atoms with E-state index in [9.17, 15) is 14.9 Å². The normalized spacial score (nSPS) is 22.7. The second-order valence-electron chi connectivity index (χ2n) is 7.57. The molecule has 2 fully saturated rings. The summed E-state index contributed by atoms with van der Waals surface area (Å²) < 4.78 is 0. The van der Waals surface area contributed by atoms with Crippen LogP contribution >= 0.6 is 0 Å². The van der Waals surface area contributed by atoms with Crippen LogP contribution < -0.4 is 15.5 Å². The lowest BCUT2D eigenvalue weighted by molar-refractivity contribution is -0.928. The van der Waals surface area contributed by atoms with Crippen molar-refractivity contribution in [2.45, 2.75) is 57.5 Å². The van der Waals surface area contributed by atoms with Crippen LogP contribution in [-0.4, -0.2) is 42.5 Å². The van der Waals surface area contributed by atoms with E-state index in [-0.39, 0.29) is 11.6 Å². The average molecular weight is 361 g/mol. The number of quaternary nitrogens is 1. The molecule has 7 heteroatoms. The minimum absolute atomic E-state index is 0.0314. The number of nitrogens with zero attached hydrogens (tertiary/aromatic N) is 1. The Morgan fingerprint density at radius 1 is 1.31 bits per heavy atom. The zero-order chi connectivity index (χ0) is 18.5. The molecule has 1 heterocycles. The van der Waals surface area contributed by atoms with Gasteiger partial charge in [0.25, 0.3) is 11.6 Å². The molecule has 0 bridgehead atoms. The fraction of sp³-hybridized carbons (Fsp3) is 0.632. The second-order valence-corrected chi connectivity index (χ2v) is 7.57. The Morgan fingerprint density at radius 2 is 2.12 bits per heavy atom. The smallest absolute Gasteiger partial charge is 0.293 e. The van der Waals surface area contributed by atoms with Gasteiger partial charge in [-0.3, -0.25) is 14.9 Å². The number of nitro benzene ring substituents is 1. The van der Waals surface area contributed by atoms with Crippen molar-refractivity contribution in [3.05, 3.63) is 33.9 Å². The number of hydrogen-bond acceptors (Lipinski definition) is 4. The summed E-state index contributed by atoms with van der Waals surface area (Å²) in [4.78, 5) is 24.8. The third-order valence-corrected chi connectivity index (χ3v) is 5.44. The highest BCUT2D eigenvalue weighted by molar-refractivity contribution is 5.95. The number of nitrogens with one attached hydrogen (secondary N) is 3. The van der Waals surface area contributed by atoms with Crippen LogP contribution in [0.4, 0.5) is 11.4 Å². The summed E-state index contributed by atoms with van der Waals surface area (Å²) in [6.45, 7) is 5.18. The SMILES string of the molecule is C[C@H]1CCCC[NH+]1CCCNC(=O)c1ccc(NC2CC2)c([N+](=O)[O-])c1. The van der Waals surface area contributed by atoms with E-state index in [1.165, 1.54) is 31.9 Å². The van der Waals surface area contributed by atoms with Gasteiger partial charge < -0.3 is 15.5 Å². The maximum Gasteiger partial charge on any atom is 0.293 e. The zero-order valence-electron chi connectivity index (χ0n) is 15.4. The molecule has 0 spiro atoms. The highest BCUT2D eigenvalue weighted by Gasteiger charge is 2.25. The molecule has 1 aromatic rings. The number of hydrogen-bond donors (Lipinski definition) is 3. The molecule has 26 heavy (non-hydrogen) atoms. The first-order valence-electron chi connectivity index (χ1n) is 9.72. The van der Waals surface area contributed by atoms with Crippen molar-refractivity contribution in [2.75, 3.05) is 25.0 Å². The van der Waals surface area contributed by atoms with E-state index in [0.717, 1.165) is 25.8 Å². The molecule has 1 amide bonds. The van der Waals surface area contributed by atoms with Crippen LogP contribution in [0.2, 0.25) is 0 Å². The fourth-order valence-electron chi connectivity index (χ4n) is 3.64. The van der Waals surface area contributed by atoms with Crippen LogP contribution in [0, 0.1) is 10.1 Å². The van der Waals surface area contributed by atoms with E-state index in [1.54, 1.807) is 17.0 Å². The summed E-state index contributed by atoms with van der Waals surface area (Å²) >= 11 is 0. The van der Waals surface area contributed by atoms with Gasteiger partial charge in [-0.2, -0.15) is 0 Å². The molecular weight excluding hydrogens is 332 g/mol. The maximum atomic E-state index is 12.3. The lowest BCUT2D eigenvalue weighted by Crippen LogP contribution is -3.16. The van der Waals surface area contributed by atoms with E-state index in [4.69, 9.17) is 0 Å². The van der Waals surface area contributed by atoms with E-state index in [2.05, 4.69) is 17.6 Å². The highest BCUT2D eigenvalue weighted by atomic mass is 16.6. The van der Waals surface area contributed by atoms with Gasteiger partial charge in [-0.1, -0.05) is 0 Å². The van der Waals surface area contributed by atoms with Crippen molar-refractivity contribution in [3.63, 3.8) is 0 Å². The molecule has 1 aromatic carbocycles. The minimum atomic E-state index is -0.428. The minimum Gasteiger partial charge on any atom is -0.377 e. The quantitative estimate of drug-likeness (QED) is 0.374. The van der Waals surface area contributed by atoms with E-state index < -0.39 is 4.92 Å². The topological polar surface area (TPSA) is 88.7 Å². The number of anilines is 1. The van der Waals surface area contributed by atoms with Gasteiger partial charge >= 0.3 is 0 Å². The lowest BCUT2D eigenvalue weighted by Gasteiger charge is -2.30. The summed E-state index contributed by atoms with van der Waals surface area (Å²) in [5, 5.41) is 17.3. The van der Waals surface area contributed by atoms with Gasteiger partial charge in [0.05, 0.1) is 24.1 Å². The Bertz CT molecular complexity index is 660. The standard InChI is InChI=1S/C19H28N4O3/c1-14-5-2-3-11-22(14)12-4-10-20-19(24)15-6-9-17(21-16-7-8-16)18(13-15)23(25)26/h6,9,13-14,16,21H,2-5,7-8,10-12H2,1H3,(H,20,24)/p+1/t14-/m0/s1. The molecule has 1 unspecified atom stereocenters. The number of likely N-dealkylation sites (tertiary alicyclic amines) is 1. The monoisotopic (exact) mass is 361 g/mol. The number of rotatable bonds is 8. The predicted octanol–water partition coefficient (Wildman–Crippen LogP) is 1.75. The van der Waals surface area contributed by atoms with Gasteiger partial charge in [0, 0.05) is 30.6 Å². The number of amides is 1. The van der Waals surface area contributed by atoms with E-state index >= 15 is 0 Å². The lowest BCUT2D eigenvalue weighted by atomic mass is 10.0. The number of carbonyl (C=O) groups is 1. The first-order valence-corrected chi connectivity index (χ1v) is 9.72. The summed E-state index contributed by atoms with van der Waals surface area (Å²) in [6.07, 6.45) is 6.90. The molecule has 7 nitrogen and oxygen atoms in total. The molecule has 2 atom stereocenters. The summed E-state index contributed by atoms with van der Waals surface area (Å²) in [5.41, 5.74) is 0.810. The Morgan fingerprint density at radius 3 is 2.81 bits per heavy atom. The molecule has 1 aliphatic carbocycles. The van der Waals surface area contributed by atoms with Crippen LogP contribution in [0.25, 0.3) is 0 Å². The maximum absolute atomic E-state index is 12.3. The van der Waals surface area contributed by atoms with Crippen LogP contribution in [-0.2, 0) is 0 Å². The molecule has 3 N–H and O–H groups in total. The van der Waals surface area contributed by atoms with E-state index in [0.29, 0.717) is 29.9 Å². The van der Waals surface area contributed by atoms with Crippen molar-refractivity contribution in [3.8, 4) is 0 Å². The first-order chi connectivity index (χ1) is 12.5. The van der Waals surface area contributed by atoms with Gasteiger partial charge in [-0.15, -0.1) is 0 Å². The van der Waals surface area contributed by atoms with Gasteiger partial charge in [-0.05, 0) is 51.2 Å². The molecule has 1 saturated carbocycles. The van der Waals surface area contributed by atoms with Gasteiger partial charge in [-0.25, -0.2) is 0 Å². The number of nitro groups is 1. The van der Waals surface area contributed by atoms with E-state index in [1.807, 2.05) is 0 Å². The molecule has 142 valence electrons. The fourth-order valence-corrected chi connectivity index (χ4v) is 3.64. The number of benzene rings is 1. The number of piperidine rings is 1.